The minimum Gasteiger partial charge on any atom is -0.356 e. The van der Waals surface area contributed by atoms with Crippen LogP contribution in [-0.4, -0.2) is 12.5 Å². The van der Waals surface area contributed by atoms with Crippen LogP contribution < -0.4 is 5.32 Å². The normalized spacial score (nSPS) is 10.7. The van der Waals surface area contributed by atoms with Crippen LogP contribution in [0.15, 0.2) is 24.3 Å². The Bertz CT molecular complexity index is 399. The maximum atomic E-state index is 13.2. The number of carbonyl (C=O) groups excluding carboxylic acids is 1. The van der Waals surface area contributed by atoms with Gasteiger partial charge in [0.25, 0.3) is 0 Å². The van der Waals surface area contributed by atoms with Crippen molar-refractivity contribution < 1.29 is 9.18 Å². The van der Waals surface area contributed by atoms with E-state index in [2.05, 4.69) is 5.32 Å². The zero-order valence-electron chi connectivity index (χ0n) is 9.59. The van der Waals surface area contributed by atoms with Gasteiger partial charge < -0.3 is 5.32 Å². The van der Waals surface area contributed by atoms with Crippen LogP contribution in [0.3, 0.4) is 0 Å². The van der Waals surface area contributed by atoms with Gasteiger partial charge in [-0.2, -0.15) is 0 Å². The zero-order valence-corrected chi connectivity index (χ0v) is 9.59. The molecule has 1 rings (SSSR count). The third-order valence-electron chi connectivity index (χ3n) is 2.29. The van der Waals surface area contributed by atoms with Gasteiger partial charge in [-0.05, 0) is 30.5 Å². The Kier molecular flexibility index (Phi) is 4.70. The maximum absolute atomic E-state index is 13.2. The summed E-state index contributed by atoms with van der Waals surface area (Å²) in [6, 6.07) is 5.01. The zero-order chi connectivity index (χ0) is 12.0. The topological polar surface area (TPSA) is 29.1 Å². The van der Waals surface area contributed by atoms with Crippen molar-refractivity contribution in [1.29, 1.82) is 0 Å². The van der Waals surface area contributed by atoms with Crippen molar-refractivity contribution in [2.24, 2.45) is 0 Å². The lowest BCUT2D eigenvalue weighted by Gasteiger charge is -2.01. The van der Waals surface area contributed by atoms with Crippen molar-refractivity contribution in [3.05, 3.63) is 41.2 Å². The Morgan fingerprint density at radius 3 is 2.94 bits per heavy atom. The van der Waals surface area contributed by atoms with E-state index in [0.717, 1.165) is 12.0 Å². The van der Waals surface area contributed by atoms with E-state index in [4.69, 9.17) is 0 Å². The van der Waals surface area contributed by atoms with Crippen LogP contribution in [0.2, 0.25) is 0 Å². The monoisotopic (exact) mass is 221 g/mol. The molecular weight excluding hydrogens is 205 g/mol. The lowest BCUT2D eigenvalue weighted by atomic mass is 10.1. The number of halogens is 1. The second kappa shape index (κ2) is 6.05. The third-order valence-corrected chi connectivity index (χ3v) is 2.29. The van der Waals surface area contributed by atoms with Gasteiger partial charge in [0.1, 0.15) is 5.82 Å². The van der Waals surface area contributed by atoms with Crippen molar-refractivity contribution in [1.82, 2.24) is 5.32 Å². The molecule has 0 aliphatic carbocycles. The van der Waals surface area contributed by atoms with E-state index in [9.17, 15) is 9.18 Å². The van der Waals surface area contributed by atoms with Gasteiger partial charge in [0.05, 0.1) is 0 Å². The third kappa shape index (κ3) is 3.85. The molecule has 0 aliphatic heterocycles. The number of nitrogens with one attached hydrogen (secondary N) is 1. The molecule has 0 radical (unpaired) electrons. The van der Waals surface area contributed by atoms with Gasteiger partial charge in [-0.3, -0.25) is 4.79 Å². The van der Waals surface area contributed by atoms with Gasteiger partial charge in [-0.15, -0.1) is 0 Å². The first kappa shape index (κ1) is 12.4. The van der Waals surface area contributed by atoms with Crippen LogP contribution in [0, 0.1) is 12.7 Å². The molecule has 0 spiro atoms. The van der Waals surface area contributed by atoms with Crippen LogP contribution in [0.4, 0.5) is 4.39 Å². The number of amides is 1. The number of rotatable bonds is 4. The van der Waals surface area contributed by atoms with Crippen LogP contribution >= 0.6 is 0 Å². The fraction of sp³-hybridized carbons (Fsp3) is 0.308. The first-order chi connectivity index (χ1) is 7.61. The summed E-state index contributed by atoms with van der Waals surface area (Å²) >= 11 is 0. The quantitative estimate of drug-likeness (QED) is 0.778. The molecule has 0 saturated heterocycles. The first-order valence-corrected chi connectivity index (χ1v) is 5.27. The van der Waals surface area contributed by atoms with Gasteiger partial charge >= 0.3 is 0 Å². The summed E-state index contributed by atoms with van der Waals surface area (Å²) in [6.45, 7) is 3.85. The molecule has 3 heteroatoms. The predicted octanol–water partition coefficient (Wildman–Crippen LogP) is 2.67. The van der Waals surface area contributed by atoms with E-state index in [-0.39, 0.29) is 11.7 Å². The average Bonchev–Trinajstić information content (AvgIpc) is 2.23. The summed E-state index contributed by atoms with van der Waals surface area (Å²) in [4.78, 5) is 10.6. The molecule has 0 fully saturated rings. The lowest BCUT2D eigenvalue weighted by Crippen LogP contribution is -2.20. The van der Waals surface area contributed by atoms with Crippen LogP contribution in [0.5, 0.6) is 0 Å². The smallest absolute Gasteiger partial charge is 0.216 e. The molecule has 1 amide bonds. The van der Waals surface area contributed by atoms with Gasteiger partial charge in [0.15, 0.2) is 0 Å². The molecule has 1 aromatic rings. The minimum absolute atomic E-state index is 0.0321. The number of carbonyl (C=O) groups is 1. The molecule has 0 unspecified atom stereocenters. The van der Waals surface area contributed by atoms with Gasteiger partial charge in [0.2, 0.25) is 5.91 Å². The molecular formula is C13H16FNO. The second-order valence-corrected chi connectivity index (χ2v) is 3.63. The highest BCUT2D eigenvalue weighted by Gasteiger charge is 1.98. The summed E-state index contributed by atoms with van der Waals surface area (Å²) in [5.74, 6) is -0.223. The van der Waals surface area contributed by atoms with Crippen molar-refractivity contribution in [3.8, 4) is 0 Å². The molecule has 86 valence electrons. The van der Waals surface area contributed by atoms with E-state index in [0.29, 0.717) is 12.1 Å². The van der Waals surface area contributed by atoms with Crippen LogP contribution in [0.1, 0.15) is 24.5 Å². The highest BCUT2D eigenvalue weighted by Crippen LogP contribution is 2.13. The highest BCUT2D eigenvalue weighted by atomic mass is 19.1. The van der Waals surface area contributed by atoms with Gasteiger partial charge in [-0.1, -0.05) is 24.3 Å². The van der Waals surface area contributed by atoms with Gasteiger partial charge in [-0.25, -0.2) is 4.39 Å². The summed E-state index contributed by atoms with van der Waals surface area (Å²) < 4.78 is 13.2. The first-order valence-electron chi connectivity index (χ1n) is 5.27. The van der Waals surface area contributed by atoms with Crippen molar-refractivity contribution in [3.63, 3.8) is 0 Å². The molecule has 1 aromatic carbocycles. The fourth-order valence-corrected chi connectivity index (χ4v) is 1.35. The Balaban J connectivity index is 2.50. The second-order valence-electron chi connectivity index (χ2n) is 3.63. The van der Waals surface area contributed by atoms with E-state index >= 15 is 0 Å². The average molecular weight is 221 g/mol. The van der Waals surface area contributed by atoms with E-state index in [1.54, 1.807) is 13.0 Å². The van der Waals surface area contributed by atoms with Crippen LogP contribution in [0.25, 0.3) is 6.08 Å². The van der Waals surface area contributed by atoms with Crippen molar-refractivity contribution in [2.75, 3.05) is 6.54 Å². The Morgan fingerprint density at radius 1 is 1.50 bits per heavy atom. The number of benzene rings is 1. The summed E-state index contributed by atoms with van der Waals surface area (Å²) in [7, 11) is 0. The van der Waals surface area contributed by atoms with E-state index in [1.165, 1.54) is 13.0 Å². The number of hydrogen-bond donors (Lipinski definition) is 1. The van der Waals surface area contributed by atoms with Crippen LogP contribution in [-0.2, 0) is 4.79 Å². The molecule has 0 aromatic heterocycles. The number of hydrogen-bond acceptors (Lipinski definition) is 1. The standard InChI is InChI=1S/C13H16FNO/c1-10-12(7-5-8-13(10)14)6-3-4-9-15-11(2)16/h3,5-8H,4,9H2,1-2H3,(H,15,16). The Morgan fingerprint density at radius 2 is 2.25 bits per heavy atom. The van der Waals surface area contributed by atoms with E-state index < -0.39 is 0 Å². The predicted molar refractivity (Wildman–Crippen MR) is 63.5 cm³/mol. The maximum Gasteiger partial charge on any atom is 0.216 e. The molecule has 0 aliphatic rings. The summed E-state index contributed by atoms with van der Waals surface area (Å²) in [5, 5.41) is 2.69. The molecule has 0 heterocycles. The molecule has 0 saturated carbocycles. The largest absolute Gasteiger partial charge is 0.356 e. The SMILES string of the molecule is CC(=O)NCCC=Cc1cccc(F)c1C. The minimum atomic E-state index is -0.191. The molecule has 2 nitrogen and oxygen atoms in total. The molecule has 0 atom stereocenters. The summed E-state index contributed by atoms with van der Waals surface area (Å²) in [5.41, 5.74) is 1.53. The highest BCUT2D eigenvalue weighted by molar-refractivity contribution is 5.72. The molecule has 0 bridgehead atoms. The van der Waals surface area contributed by atoms with E-state index in [1.807, 2.05) is 18.2 Å². The Labute approximate surface area is 95.2 Å². The summed E-state index contributed by atoms with van der Waals surface area (Å²) in [6.07, 6.45) is 4.55. The fourth-order valence-electron chi connectivity index (χ4n) is 1.35. The molecule has 1 N–H and O–H groups in total. The Hall–Kier alpha value is -1.64. The van der Waals surface area contributed by atoms with Crippen molar-refractivity contribution >= 4 is 12.0 Å². The molecule has 16 heavy (non-hydrogen) atoms. The lowest BCUT2D eigenvalue weighted by molar-refractivity contribution is -0.118. The van der Waals surface area contributed by atoms with Crippen molar-refractivity contribution in [2.45, 2.75) is 20.3 Å². The van der Waals surface area contributed by atoms with Gasteiger partial charge in [0, 0.05) is 13.5 Å².